The minimum Gasteiger partial charge on any atom is -0.304 e. The van der Waals surface area contributed by atoms with E-state index >= 15 is 0 Å². The molecule has 0 aromatic carbocycles. The van der Waals surface area contributed by atoms with E-state index in [2.05, 4.69) is 44.1 Å². The summed E-state index contributed by atoms with van der Waals surface area (Å²) >= 11 is 3.95. The van der Waals surface area contributed by atoms with E-state index in [0.29, 0.717) is 12.1 Å². The lowest BCUT2D eigenvalue weighted by Gasteiger charge is -2.27. The highest BCUT2D eigenvalue weighted by Gasteiger charge is 2.22. The van der Waals surface area contributed by atoms with Crippen molar-refractivity contribution < 1.29 is 0 Å². The van der Waals surface area contributed by atoms with E-state index in [0.717, 1.165) is 23.6 Å². The topological polar surface area (TPSA) is 42.2 Å². The van der Waals surface area contributed by atoms with Crippen LogP contribution < -0.4 is 5.32 Å². The second-order valence-electron chi connectivity index (χ2n) is 5.40. The predicted molar refractivity (Wildman–Crippen MR) is 92.2 cm³/mol. The van der Waals surface area contributed by atoms with Crippen molar-refractivity contribution in [3.63, 3.8) is 0 Å². The zero-order valence-corrected chi connectivity index (χ0v) is 14.0. The molecule has 2 aromatic rings. The Labute approximate surface area is 134 Å². The molecule has 2 unspecified atom stereocenters. The average molecular weight is 323 g/mol. The lowest BCUT2D eigenvalue weighted by molar-refractivity contribution is 0.411. The molecule has 2 atom stereocenters. The van der Waals surface area contributed by atoms with Crippen molar-refractivity contribution in [1.82, 2.24) is 19.9 Å². The fourth-order valence-corrected chi connectivity index (χ4v) is 4.33. The van der Waals surface area contributed by atoms with Crippen molar-refractivity contribution in [1.29, 1.82) is 0 Å². The summed E-state index contributed by atoms with van der Waals surface area (Å²) in [4.78, 5) is 0. The molecule has 0 amide bonds. The lowest BCUT2D eigenvalue weighted by Crippen LogP contribution is -2.37. The van der Waals surface area contributed by atoms with Crippen molar-refractivity contribution in [2.75, 3.05) is 23.5 Å². The Morgan fingerprint density at radius 1 is 1.48 bits per heavy atom. The number of thioether (sulfide) groups is 2. The smallest absolute Gasteiger partial charge is 0.160 e. The molecule has 0 bridgehead atoms. The molecule has 0 radical (unpaired) electrons. The molecule has 114 valence electrons. The maximum atomic E-state index is 4.45. The molecule has 0 spiro atoms. The van der Waals surface area contributed by atoms with Gasteiger partial charge in [-0.3, -0.25) is 4.40 Å². The van der Waals surface area contributed by atoms with Crippen LogP contribution in [0.3, 0.4) is 0 Å². The largest absolute Gasteiger partial charge is 0.304 e. The predicted octanol–water partition coefficient (Wildman–Crippen LogP) is 3.01. The van der Waals surface area contributed by atoms with Crippen LogP contribution in [0.2, 0.25) is 0 Å². The van der Waals surface area contributed by atoms with Crippen LogP contribution in [0.5, 0.6) is 0 Å². The van der Waals surface area contributed by atoms with Gasteiger partial charge >= 0.3 is 0 Å². The highest BCUT2D eigenvalue weighted by atomic mass is 32.2. The maximum Gasteiger partial charge on any atom is 0.160 e. The molecule has 2 aromatic heterocycles. The number of hydrogen-bond acceptors (Lipinski definition) is 5. The summed E-state index contributed by atoms with van der Waals surface area (Å²) in [5, 5.41) is 12.6. The molecule has 4 nitrogen and oxygen atoms in total. The van der Waals surface area contributed by atoms with Crippen molar-refractivity contribution >= 4 is 29.2 Å². The standard InChI is InChI=1S/C15H22N4S2/c1-20-10-7-13(16-12-5-4-9-21-11-12)15-18-17-14-6-2-3-8-19(14)15/h2-3,6,8,12-13,16H,4-5,7,9-11H2,1H3. The first-order chi connectivity index (χ1) is 10.4. The molecule has 3 rings (SSSR count). The molecule has 1 fully saturated rings. The van der Waals surface area contributed by atoms with E-state index in [1.165, 1.54) is 24.3 Å². The molecule has 0 aliphatic carbocycles. The first-order valence-electron chi connectivity index (χ1n) is 7.51. The van der Waals surface area contributed by atoms with Crippen molar-refractivity contribution in [2.45, 2.75) is 31.3 Å². The van der Waals surface area contributed by atoms with Gasteiger partial charge in [-0.2, -0.15) is 23.5 Å². The Balaban J connectivity index is 1.80. The van der Waals surface area contributed by atoms with Gasteiger partial charge in [0.2, 0.25) is 0 Å². The summed E-state index contributed by atoms with van der Waals surface area (Å²) in [5.41, 5.74) is 0.932. The number of aromatic nitrogens is 3. The van der Waals surface area contributed by atoms with Gasteiger partial charge in [-0.25, -0.2) is 0 Å². The van der Waals surface area contributed by atoms with E-state index < -0.39 is 0 Å². The summed E-state index contributed by atoms with van der Waals surface area (Å²) in [6.07, 6.45) is 7.92. The first kappa shape index (κ1) is 15.2. The Kier molecular flexibility index (Phi) is 5.43. The van der Waals surface area contributed by atoms with Crippen molar-refractivity contribution in [3.05, 3.63) is 30.2 Å². The summed E-state index contributed by atoms with van der Waals surface area (Å²) in [6, 6.07) is 6.96. The van der Waals surface area contributed by atoms with Crippen molar-refractivity contribution in [3.8, 4) is 0 Å². The third kappa shape index (κ3) is 3.73. The summed E-state index contributed by atoms with van der Waals surface area (Å²) in [5.74, 6) is 4.71. The number of hydrogen-bond donors (Lipinski definition) is 1. The van der Waals surface area contributed by atoms with E-state index in [9.17, 15) is 0 Å². The first-order valence-corrected chi connectivity index (χ1v) is 10.1. The molecule has 1 N–H and O–H groups in total. The zero-order valence-electron chi connectivity index (χ0n) is 12.4. The van der Waals surface area contributed by atoms with Crippen LogP contribution in [-0.4, -0.2) is 44.2 Å². The van der Waals surface area contributed by atoms with Gasteiger partial charge in [0.05, 0.1) is 6.04 Å². The van der Waals surface area contributed by atoms with Crippen LogP contribution in [0.15, 0.2) is 24.4 Å². The summed E-state index contributed by atoms with van der Waals surface area (Å²) in [7, 11) is 0. The normalized spacial score (nSPS) is 20.7. The van der Waals surface area contributed by atoms with Gasteiger partial charge in [0.15, 0.2) is 11.5 Å². The third-order valence-corrected chi connectivity index (χ3v) is 5.72. The molecular formula is C15H22N4S2. The maximum absolute atomic E-state index is 4.45. The minimum atomic E-state index is 0.290. The molecule has 1 aliphatic heterocycles. The Morgan fingerprint density at radius 3 is 3.24 bits per heavy atom. The average Bonchev–Trinajstić information content (AvgIpc) is 2.96. The molecule has 21 heavy (non-hydrogen) atoms. The van der Waals surface area contributed by atoms with Gasteiger partial charge in [-0.1, -0.05) is 6.07 Å². The fourth-order valence-electron chi connectivity index (χ4n) is 2.78. The monoisotopic (exact) mass is 322 g/mol. The zero-order chi connectivity index (χ0) is 14.5. The second-order valence-corrected chi connectivity index (χ2v) is 7.54. The second kappa shape index (κ2) is 7.51. The van der Waals surface area contributed by atoms with Crippen LogP contribution >= 0.6 is 23.5 Å². The summed E-state index contributed by atoms with van der Waals surface area (Å²) < 4.78 is 2.12. The minimum absolute atomic E-state index is 0.290. The SMILES string of the molecule is CSCCC(NC1CCCSC1)c1nnc2ccccn12. The Morgan fingerprint density at radius 2 is 2.43 bits per heavy atom. The number of pyridine rings is 1. The summed E-state index contributed by atoms with van der Waals surface area (Å²) in [6.45, 7) is 0. The molecule has 3 heterocycles. The van der Waals surface area contributed by atoms with E-state index in [4.69, 9.17) is 0 Å². The molecule has 6 heteroatoms. The van der Waals surface area contributed by atoms with E-state index in [1.54, 1.807) is 0 Å². The quantitative estimate of drug-likeness (QED) is 0.885. The van der Waals surface area contributed by atoms with Crippen LogP contribution in [-0.2, 0) is 0 Å². The highest BCUT2D eigenvalue weighted by Crippen LogP contribution is 2.23. The van der Waals surface area contributed by atoms with Crippen LogP contribution in [0.1, 0.15) is 31.1 Å². The Hall–Kier alpha value is -0.720. The van der Waals surface area contributed by atoms with Crippen LogP contribution in [0, 0.1) is 0 Å². The van der Waals surface area contributed by atoms with Gasteiger partial charge in [-0.05, 0) is 49.2 Å². The van der Waals surface area contributed by atoms with E-state index in [-0.39, 0.29) is 0 Å². The molecule has 1 aliphatic rings. The number of fused-ring (bicyclic) bond motifs is 1. The fraction of sp³-hybridized carbons (Fsp3) is 0.600. The number of nitrogens with zero attached hydrogens (tertiary/aromatic N) is 3. The Bertz CT molecular complexity index is 566. The third-order valence-electron chi connectivity index (χ3n) is 3.86. The molecular weight excluding hydrogens is 300 g/mol. The van der Waals surface area contributed by atoms with Crippen LogP contribution in [0.25, 0.3) is 5.65 Å². The van der Waals surface area contributed by atoms with Gasteiger partial charge in [0.1, 0.15) is 0 Å². The molecule has 0 saturated carbocycles. The highest BCUT2D eigenvalue weighted by molar-refractivity contribution is 7.99. The number of rotatable bonds is 6. The molecule has 1 saturated heterocycles. The number of nitrogens with one attached hydrogen (secondary N) is 1. The van der Waals surface area contributed by atoms with Crippen LogP contribution in [0.4, 0.5) is 0 Å². The van der Waals surface area contributed by atoms with E-state index in [1.807, 2.05) is 30.0 Å². The van der Waals surface area contributed by atoms with Gasteiger partial charge in [0.25, 0.3) is 0 Å². The van der Waals surface area contributed by atoms with Gasteiger partial charge in [-0.15, -0.1) is 10.2 Å². The van der Waals surface area contributed by atoms with Crippen molar-refractivity contribution in [2.24, 2.45) is 0 Å². The van der Waals surface area contributed by atoms with Gasteiger partial charge in [0, 0.05) is 18.0 Å². The van der Waals surface area contributed by atoms with Gasteiger partial charge < -0.3 is 5.32 Å². The lowest BCUT2D eigenvalue weighted by atomic mass is 10.1.